The summed E-state index contributed by atoms with van der Waals surface area (Å²) in [5.41, 5.74) is 10.7. The summed E-state index contributed by atoms with van der Waals surface area (Å²) in [7, 11) is 0. The Morgan fingerprint density at radius 3 is 2.62 bits per heavy atom. The van der Waals surface area contributed by atoms with E-state index in [4.69, 9.17) is 5.73 Å². The number of hydrogen-bond acceptors (Lipinski definition) is 3. The molecule has 1 atom stereocenters. The molecule has 0 aromatic heterocycles. The van der Waals surface area contributed by atoms with Crippen molar-refractivity contribution in [2.24, 2.45) is 11.7 Å². The van der Waals surface area contributed by atoms with Gasteiger partial charge in [0, 0.05) is 37.8 Å². The molecule has 0 aliphatic carbocycles. The maximum absolute atomic E-state index is 11.8. The van der Waals surface area contributed by atoms with Gasteiger partial charge in [-0.15, -0.1) is 0 Å². The van der Waals surface area contributed by atoms with Gasteiger partial charge >= 0.3 is 0 Å². The number of carbonyl (C=O) groups is 1. The molecule has 0 fully saturated rings. The number of nitrogens with two attached hydrogens (primary N) is 1. The number of nitrogens with one attached hydrogen (secondary N) is 1. The highest BCUT2D eigenvalue weighted by molar-refractivity contribution is 5.78. The minimum Gasteiger partial charge on any atom is -0.367 e. The highest BCUT2D eigenvalue weighted by Gasteiger charge is 2.18. The molecule has 1 heterocycles. The SMILES string of the molecule is CC(CN)C(=O)NCc1ccc(CN2CCc3ccccc32)cc1. The molecule has 0 radical (unpaired) electrons. The zero-order chi connectivity index (χ0) is 16.9. The van der Waals surface area contributed by atoms with E-state index in [-0.39, 0.29) is 11.8 Å². The van der Waals surface area contributed by atoms with Crippen molar-refractivity contribution in [2.45, 2.75) is 26.4 Å². The molecule has 0 bridgehead atoms. The number of fused-ring (bicyclic) bond motifs is 1. The number of rotatable bonds is 6. The zero-order valence-corrected chi connectivity index (χ0v) is 14.2. The van der Waals surface area contributed by atoms with Crippen LogP contribution in [0.1, 0.15) is 23.6 Å². The first kappa shape index (κ1) is 16.5. The summed E-state index contributed by atoms with van der Waals surface area (Å²) in [4.78, 5) is 14.2. The number of para-hydroxylation sites is 1. The van der Waals surface area contributed by atoms with Gasteiger partial charge in [-0.2, -0.15) is 0 Å². The second kappa shape index (κ2) is 7.49. The minimum absolute atomic E-state index is 0.00949. The summed E-state index contributed by atoms with van der Waals surface area (Å²) in [6.07, 6.45) is 1.12. The van der Waals surface area contributed by atoms with Crippen LogP contribution in [0.4, 0.5) is 5.69 Å². The molecular formula is C20H25N3O. The monoisotopic (exact) mass is 323 g/mol. The highest BCUT2D eigenvalue weighted by Crippen LogP contribution is 2.28. The van der Waals surface area contributed by atoms with Gasteiger partial charge in [0.1, 0.15) is 0 Å². The van der Waals surface area contributed by atoms with E-state index in [1.54, 1.807) is 0 Å². The van der Waals surface area contributed by atoms with Crippen LogP contribution in [0.3, 0.4) is 0 Å². The molecule has 1 aliphatic heterocycles. The van der Waals surface area contributed by atoms with Crippen molar-refractivity contribution in [2.75, 3.05) is 18.0 Å². The fourth-order valence-electron chi connectivity index (χ4n) is 3.02. The first-order valence-electron chi connectivity index (χ1n) is 8.56. The predicted molar refractivity (Wildman–Crippen MR) is 97.7 cm³/mol. The molecule has 0 saturated carbocycles. The molecule has 3 N–H and O–H groups in total. The Morgan fingerprint density at radius 2 is 1.88 bits per heavy atom. The summed E-state index contributed by atoms with van der Waals surface area (Å²) >= 11 is 0. The Morgan fingerprint density at radius 1 is 1.17 bits per heavy atom. The molecule has 4 heteroatoms. The largest absolute Gasteiger partial charge is 0.367 e. The van der Waals surface area contributed by atoms with Crippen LogP contribution >= 0.6 is 0 Å². The van der Waals surface area contributed by atoms with Gasteiger partial charge in [0.2, 0.25) is 5.91 Å². The first-order chi connectivity index (χ1) is 11.7. The predicted octanol–water partition coefficient (Wildman–Crippen LogP) is 2.46. The summed E-state index contributed by atoms with van der Waals surface area (Å²) in [5.74, 6) is -0.130. The van der Waals surface area contributed by atoms with Gasteiger partial charge in [-0.25, -0.2) is 0 Å². The molecule has 126 valence electrons. The number of anilines is 1. The number of benzene rings is 2. The fraction of sp³-hybridized carbons (Fsp3) is 0.350. The molecule has 3 rings (SSSR count). The number of amides is 1. The van der Waals surface area contributed by atoms with Gasteiger partial charge in [-0.05, 0) is 29.2 Å². The van der Waals surface area contributed by atoms with Gasteiger partial charge in [0.25, 0.3) is 0 Å². The Hall–Kier alpha value is -2.33. The van der Waals surface area contributed by atoms with E-state index in [1.807, 2.05) is 6.92 Å². The van der Waals surface area contributed by atoms with E-state index in [1.165, 1.54) is 16.8 Å². The minimum atomic E-state index is -0.139. The molecule has 4 nitrogen and oxygen atoms in total. The lowest BCUT2D eigenvalue weighted by Gasteiger charge is -2.19. The van der Waals surface area contributed by atoms with Crippen molar-refractivity contribution < 1.29 is 4.79 Å². The Labute approximate surface area is 143 Å². The second-order valence-corrected chi connectivity index (χ2v) is 6.47. The smallest absolute Gasteiger partial charge is 0.224 e. The average Bonchev–Trinajstić information content (AvgIpc) is 3.03. The van der Waals surface area contributed by atoms with Crippen molar-refractivity contribution in [1.29, 1.82) is 0 Å². The van der Waals surface area contributed by atoms with Crippen molar-refractivity contribution in [3.05, 3.63) is 65.2 Å². The molecule has 2 aromatic carbocycles. The van der Waals surface area contributed by atoms with Crippen LogP contribution in [0.25, 0.3) is 0 Å². The fourth-order valence-corrected chi connectivity index (χ4v) is 3.02. The number of nitrogens with zero attached hydrogens (tertiary/aromatic N) is 1. The number of carbonyl (C=O) groups excluding carboxylic acids is 1. The lowest BCUT2D eigenvalue weighted by molar-refractivity contribution is -0.124. The van der Waals surface area contributed by atoms with Crippen LogP contribution in [0.5, 0.6) is 0 Å². The van der Waals surface area contributed by atoms with Crippen LogP contribution in [0.15, 0.2) is 48.5 Å². The standard InChI is InChI=1S/C20H25N3O/c1-15(12-21)20(24)22-13-16-6-8-17(9-7-16)14-23-11-10-18-4-2-3-5-19(18)23/h2-9,15H,10-14,21H2,1H3,(H,22,24). The molecule has 1 unspecified atom stereocenters. The van der Waals surface area contributed by atoms with Crippen molar-refractivity contribution in [1.82, 2.24) is 5.32 Å². The van der Waals surface area contributed by atoms with E-state index in [0.717, 1.165) is 25.1 Å². The Kier molecular flexibility index (Phi) is 5.16. The highest BCUT2D eigenvalue weighted by atomic mass is 16.1. The molecular weight excluding hydrogens is 298 g/mol. The maximum Gasteiger partial charge on any atom is 0.224 e. The third-order valence-electron chi connectivity index (χ3n) is 4.65. The van der Waals surface area contributed by atoms with Crippen LogP contribution in [-0.2, 0) is 24.3 Å². The van der Waals surface area contributed by atoms with Crippen LogP contribution in [0, 0.1) is 5.92 Å². The van der Waals surface area contributed by atoms with Crippen molar-refractivity contribution >= 4 is 11.6 Å². The average molecular weight is 323 g/mol. The third kappa shape index (κ3) is 3.77. The van der Waals surface area contributed by atoms with Gasteiger partial charge in [0.05, 0.1) is 0 Å². The Balaban J connectivity index is 1.57. The van der Waals surface area contributed by atoms with Gasteiger partial charge in [0.15, 0.2) is 0 Å². The van der Waals surface area contributed by atoms with E-state index in [0.29, 0.717) is 13.1 Å². The lowest BCUT2D eigenvalue weighted by Crippen LogP contribution is -2.32. The van der Waals surface area contributed by atoms with Gasteiger partial charge in [-0.3, -0.25) is 4.79 Å². The molecule has 2 aromatic rings. The van der Waals surface area contributed by atoms with Crippen LogP contribution in [0.2, 0.25) is 0 Å². The quantitative estimate of drug-likeness (QED) is 0.858. The maximum atomic E-state index is 11.8. The van der Waals surface area contributed by atoms with Gasteiger partial charge < -0.3 is 16.0 Å². The molecule has 24 heavy (non-hydrogen) atoms. The van der Waals surface area contributed by atoms with Gasteiger partial charge in [-0.1, -0.05) is 49.4 Å². The Bertz CT molecular complexity index is 696. The summed E-state index contributed by atoms with van der Waals surface area (Å²) in [5, 5.41) is 2.93. The van der Waals surface area contributed by atoms with Crippen molar-refractivity contribution in [3.63, 3.8) is 0 Å². The molecule has 1 aliphatic rings. The van der Waals surface area contributed by atoms with E-state index in [9.17, 15) is 4.79 Å². The molecule has 0 saturated heterocycles. The van der Waals surface area contributed by atoms with E-state index < -0.39 is 0 Å². The first-order valence-corrected chi connectivity index (χ1v) is 8.56. The van der Waals surface area contributed by atoms with E-state index >= 15 is 0 Å². The topological polar surface area (TPSA) is 58.4 Å². The summed E-state index contributed by atoms with van der Waals surface area (Å²) < 4.78 is 0. The van der Waals surface area contributed by atoms with Crippen molar-refractivity contribution in [3.8, 4) is 0 Å². The van der Waals surface area contributed by atoms with Crippen LogP contribution in [-0.4, -0.2) is 19.0 Å². The molecule has 0 spiro atoms. The summed E-state index contributed by atoms with van der Waals surface area (Å²) in [6.45, 7) is 4.77. The van der Waals surface area contributed by atoms with E-state index in [2.05, 4.69) is 58.7 Å². The molecule has 1 amide bonds. The number of hydrogen-bond donors (Lipinski definition) is 2. The van der Waals surface area contributed by atoms with Crippen LogP contribution < -0.4 is 16.0 Å². The zero-order valence-electron chi connectivity index (χ0n) is 14.2. The lowest BCUT2D eigenvalue weighted by atomic mass is 10.1. The second-order valence-electron chi connectivity index (χ2n) is 6.47. The summed E-state index contributed by atoms with van der Waals surface area (Å²) in [6, 6.07) is 17.1. The third-order valence-corrected chi connectivity index (χ3v) is 4.65. The normalized spacial score (nSPS) is 14.3.